The highest BCUT2D eigenvalue weighted by atomic mass is 32.2. The maximum atomic E-state index is 12.4. The third-order valence-corrected chi connectivity index (χ3v) is 5.64. The van der Waals surface area contributed by atoms with Crippen molar-refractivity contribution in [1.29, 1.82) is 0 Å². The normalized spacial score (nSPS) is 21.6. The SMILES string of the molecule is Cc1ccc(S(=O)(=O)N/N=C2/CC(=O)N[C@]2(C)Cc2ccccc2)cc1. The summed E-state index contributed by atoms with van der Waals surface area (Å²) in [5.41, 5.74) is 1.75. The Morgan fingerprint density at radius 3 is 2.42 bits per heavy atom. The van der Waals surface area contributed by atoms with Gasteiger partial charge in [-0.15, -0.1) is 0 Å². The van der Waals surface area contributed by atoms with E-state index in [1.54, 1.807) is 12.1 Å². The summed E-state index contributed by atoms with van der Waals surface area (Å²) in [6.07, 6.45) is 0.602. The summed E-state index contributed by atoms with van der Waals surface area (Å²) in [5, 5.41) is 7.00. The van der Waals surface area contributed by atoms with Crippen molar-refractivity contribution in [3.8, 4) is 0 Å². The van der Waals surface area contributed by atoms with Crippen LogP contribution >= 0.6 is 0 Å². The number of sulfonamides is 1. The Hall–Kier alpha value is -2.67. The fourth-order valence-corrected chi connectivity index (χ4v) is 3.80. The first-order chi connectivity index (χ1) is 12.3. The van der Waals surface area contributed by atoms with Crippen molar-refractivity contribution in [3.05, 3.63) is 65.7 Å². The van der Waals surface area contributed by atoms with Crippen molar-refractivity contribution in [2.75, 3.05) is 0 Å². The summed E-state index contributed by atoms with van der Waals surface area (Å²) in [7, 11) is -3.78. The van der Waals surface area contributed by atoms with Gasteiger partial charge in [0, 0.05) is 6.42 Å². The molecule has 6 nitrogen and oxygen atoms in total. The van der Waals surface area contributed by atoms with Crippen LogP contribution in [0.4, 0.5) is 0 Å². The number of benzene rings is 2. The first-order valence-corrected chi connectivity index (χ1v) is 9.77. The van der Waals surface area contributed by atoms with Crippen LogP contribution in [-0.4, -0.2) is 25.6 Å². The molecule has 1 aliphatic heterocycles. The standard InChI is InChI=1S/C19H21N3O3S/c1-14-8-10-16(11-9-14)26(24,25)22-21-17-12-18(23)20-19(17,2)13-15-6-4-3-5-7-15/h3-11,22H,12-13H2,1-2H3,(H,20,23)/b21-17-/t19-/m1/s1. The van der Waals surface area contributed by atoms with E-state index in [9.17, 15) is 13.2 Å². The van der Waals surface area contributed by atoms with Crippen molar-refractivity contribution in [3.63, 3.8) is 0 Å². The summed E-state index contributed by atoms with van der Waals surface area (Å²) >= 11 is 0. The number of hydrazone groups is 1. The highest BCUT2D eigenvalue weighted by Gasteiger charge is 2.40. The molecule has 2 aromatic rings. The quantitative estimate of drug-likeness (QED) is 0.790. The zero-order chi connectivity index (χ0) is 18.8. The number of hydrogen-bond donors (Lipinski definition) is 2. The lowest BCUT2D eigenvalue weighted by Gasteiger charge is -2.25. The van der Waals surface area contributed by atoms with Gasteiger partial charge in [0.1, 0.15) is 0 Å². The van der Waals surface area contributed by atoms with Crippen LogP contribution in [0.15, 0.2) is 64.6 Å². The van der Waals surface area contributed by atoms with Crippen molar-refractivity contribution >= 4 is 21.6 Å². The van der Waals surface area contributed by atoms with Gasteiger partial charge in [0.15, 0.2) is 0 Å². The van der Waals surface area contributed by atoms with Crippen LogP contribution in [-0.2, 0) is 21.2 Å². The number of hydrogen-bond acceptors (Lipinski definition) is 4. The minimum Gasteiger partial charge on any atom is -0.345 e. The molecule has 0 aromatic heterocycles. The number of nitrogens with zero attached hydrogens (tertiary/aromatic N) is 1. The second-order valence-corrected chi connectivity index (χ2v) is 8.35. The van der Waals surface area contributed by atoms with Gasteiger partial charge in [0.05, 0.1) is 22.6 Å². The molecular weight excluding hydrogens is 350 g/mol. The molecule has 1 atom stereocenters. The summed E-state index contributed by atoms with van der Waals surface area (Å²) in [6.45, 7) is 3.73. The van der Waals surface area contributed by atoms with Crippen LogP contribution in [0.1, 0.15) is 24.5 Å². The van der Waals surface area contributed by atoms with Gasteiger partial charge >= 0.3 is 0 Å². The molecule has 1 heterocycles. The molecule has 0 radical (unpaired) electrons. The highest BCUT2D eigenvalue weighted by Crippen LogP contribution is 2.22. The summed E-state index contributed by atoms with van der Waals surface area (Å²) < 4.78 is 24.9. The lowest BCUT2D eigenvalue weighted by atomic mass is 9.90. The number of aryl methyl sites for hydroxylation is 1. The Morgan fingerprint density at radius 1 is 1.12 bits per heavy atom. The number of rotatable bonds is 5. The first-order valence-electron chi connectivity index (χ1n) is 8.29. The number of nitrogens with one attached hydrogen (secondary N) is 2. The Kier molecular flexibility index (Phi) is 4.82. The fourth-order valence-electron chi connectivity index (χ4n) is 2.97. The van der Waals surface area contributed by atoms with Crippen LogP contribution in [0, 0.1) is 6.92 Å². The average Bonchev–Trinajstić information content (AvgIpc) is 2.88. The van der Waals surface area contributed by atoms with Crippen molar-refractivity contribution in [1.82, 2.24) is 10.1 Å². The van der Waals surface area contributed by atoms with E-state index in [1.807, 2.05) is 44.2 Å². The first kappa shape index (κ1) is 18.1. The molecule has 7 heteroatoms. The maximum absolute atomic E-state index is 12.4. The molecule has 2 N–H and O–H groups in total. The number of carbonyl (C=O) groups is 1. The third-order valence-electron chi connectivity index (χ3n) is 4.41. The van der Waals surface area contributed by atoms with Crippen molar-refractivity contribution in [2.24, 2.45) is 5.10 Å². The zero-order valence-electron chi connectivity index (χ0n) is 14.7. The molecule has 136 valence electrons. The van der Waals surface area contributed by atoms with E-state index in [0.717, 1.165) is 11.1 Å². The lowest BCUT2D eigenvalue weighted by Crippen LogP contribution is -2.46. The number of carbonyl (C=O) groups excluding carboxylic acids is 1. The van der Waals surface area contributed by atoms with Gasteiger partial charge < -0.3 is 5.32 Å². The molecule has 1 aliphatic rings. The van der Waals surface area contributed by atoms with E-state index in [4.69, 9.17) is 0 Å². The van der Waals surface area contributed by atoms with Gasteiger partial charge in [-0.2, -0.15) is 13.5 Å². The fraction of sp³-hybridized carbons (Fsp3) is 0.263. The van der Waals surface area contributed by atoms with Crippen LogP contribution in [0.2, 0.25) is 0 Å². The highest BCUT2D eigenvalue weighted by molar-refractivity contribution is 7.89. The van der Waals surface area contributed by atoms with Gasteiger partial charge in [0.25, 0.3) is 10.0 Å². The van der Waals surface area contributed by atoms with E-state index < -0.39 is 15.6 Å². The smallest absolute Gasteiger partial charge is 0.276 e. The molecule has 2 aromatic carbocycles. The van der Waals surface area contributed by atoms with E-state index in [1.165, 1.54) is 12.1 Å². The molecule has 0 saturated carbocycles. The van der Waals surface area contributed by atoms with E-state index in [0.29, 0.717) is 12.1 Å². The van der Waals surface area contributed by atoms with Crippen LogP contribution in [0.25, 0.3) is 0 Å². The maximum Gasteiger partial charge on any atom is 0.276 e. The topological polar surface area (TPSA) is 87.6 Å². The molecule has 1 fully saturated rings. The van der Waals surface area contributed by atoms with E-state index in [-0.39, 0.29) is 17.2 Å². The summed E-state index contributed by atoms with van der Waals surface area (Å²) in [5.74, 6) is -0.170. The molecule has 0 aliphatic carbocycles. The van der Waals surface area contributed by atoms with Crippen LogP contribution in [0.5, 0.6) is 0 Å². The molecule has 0 unspecified atom stereocenters. The van der Waals surface area contributed by atoms with Gasteiger partial charge in [-0.3, -0.25) is 4.79 Å². The van der Waals surface area contributed by atoms with Crippen LogP contribution < -0.4 is 10.1 Å². The third kappa shape index (κ3) is 3.94. The van der Waals surface area contributed by atoms with Gasteiger partial charge in [-0.05, 0) is 31.5 Å². The van der Waals surface area contributed by atoms with Crippen molar-refractivity contribution in [2.45, 2.75) is 37.1 Å². The molecule has 1 saturated heterocycles. The molecule has 3 rings (SSSR count). The van der Waals surface area contributed by atoms with Crippen molar-refractivity contribution < 1.29 is 13.2 Å². The molecule has 0 spiro atoms. The Bertz CT molecular complexity index is 938. The predicted octanol–water partition coefficient (Wildman–Crippen LogP) is 2.15. The second-order valence-electron chi connectivity index (χ2n) is 6.69. The van der Waals surface area contributed by atoms with E-state index in [2.05, 4.69) is 15.2 Å². The van der Waals surface area contributed by atoms with Crippen LogP contribution in [0.3, 0.4) is 0 Å². The Morgan fingerprint density at radius 2 is 1.77 bits per heavy atom. The lowest BCUT2D eigenvalue weighted by molar-refractivity contribution is -0.119. The summed E-state index contributed by atoms with van der Waals surface area (Å²) in [4.78, 5) is 14.3. The van der Waals surface area contributed by atoms with E-state index >= 15 is 0 Å². The molecular formula is C19H21N3O3S. The minimum absolute atomic E-state index is 0.0692. The van der Waals surface area contributed by atoms with Gasteiger partial charge in [-0.1, -0.05) is 48.0 Å². The summed E-state index contributed by atoms with van der Waals surface area (Å²) in [6, 6.07) is 16.2. The molecule has 0 bridgehead atoms. The minimum atomic E-state index is -3.78. The number of amides is 1. The average molecular weight is 371 g/mol. The largest absolute Gasteiger partial charge is 0.345 e. The monoisotopic (exact) mass is 371 g/mol. The Balaban J connectivity index is 1.83. The molecule has 1 amide bonds. The predicted molar refractivity (Wildman–Crippen MR) is 100 cm³/mol. The zero-order valence-corrected chi connectivity index (χ0v) is 15.5. The molecule has 26 heavy (non-hydrogen) atoms. The second kappa shape index (κ2) is 6.92. The van der Waals surface area contributed by atoms with Gasteiger partial charge in [0.2, 0.25) is 5.91 Å². The van der Waals surface area contributed by atoms with Gasteiger partial charge in [-0.25, -0.2) is 4.83 Å². The Labute approximate surface area is 153 Å².